The van der Waals surface area contributed by atoms with Crippen LogP contribution >= 0.6 is 0 Å². The Bertz CT molecular complexity index is 644. The van der Waals surface area contributed by atoms with Crippen molar-refractivity contribution in [1.29, 1.82) is 0 Å². The lowest BCUT2D eigenvalue weighted by Crippen LogP contribution is -2.29. The maximum absolute atomic E-state index is 14.0. The van der Waals surface area contributed by atoms with Gasteiger partial charge >= 0.3 is 0 Å². The summed E-state index contributed by atoms with van der Waals surface area (Å²) in [6, 6.07) is 8.84. The molecule has 4 nitrogen and oxygen atoms in total. The lowest BCUT2D eigenvalue weighted by molar-refractivity contribution is 0.281. The molecule has 0 saturated carbocycles. The zero-order chi connectivity index (χ0) is 16.1. The minimum atomic E-state index is -0.956. The molecule has 0 aliphatic carbocycles. The van der Waals surface area contributed by atoms with Crippen molar-refractivity contribution >= 4 is 11.4 Å². The van der Waals surface area contributed by atoms with Crippen LogP contribution in [0, 0.1) is 11.6 Å². The fraction of sp³-hybridized carbons (Fsp3) is 0.250. The highest BCUT2D eigenvalue weighted by Crippen LogP contribution is 2.32. The smallest absolute Gasteiger partial charge is 0.166 e. The van der Waals surface area contributed by atoms with Gasteiger partial charge in [0.05, 0.1) is 13.2 Å². The first-order chi connectivity index (χ1) is 10.6. The van der Waals surface area contributed by atoms with E-state index >= 15 is 0 Å². The number of halogens is 2. The molecule has 0 aromatic heterocycles. The lowest BCUT2D eigenvalue weighted by atomic mass is 10.0. The molecule has 6 heteroatoms. The molecule has 0 atom stereocenters. The molecule has 0 amide bonds. The van der Waals surface area contributed by atoms with Gasteiger partial charge in [0.2, 0.25) is 0 Å². The monoisotopic (exact) mass is 308 g/mol. The quantitative estimate of drug-likeness (QED) is 0.714. The minimum Gasteiger partial charge on any atom is -0.398 e. The summed E-state index contributed by atoms with van der Waals surface area (Å²) in [4.78, 5) is 1.74. The third kappa shape index (κ3) is 3.35. The Labute approximate surface area is 127 Å². The van der Waals surface area contributed by atoms with Crippen molar-refractivity contribution in [1.82, 2.24) is 0 Å². The van der Waals surface area contributed by atoms with Crippen molar-refractivity contribution in [3.05, 3.63) is 48.0 Å². The number of aliphatic hydroxyl groups excluding tert-OH is 2. The van der Waals surface area contributed by atoms with E-state index in [4.69, 9.17) is 15.9 Å². The van der Waals surface area contributed by atoms with Gasteiger partial charge < -0.3 is 20.8 Å². The molecule has 22 heavy (non-hydrogen) atoms. The first-order valence-electron chi connectivity index (χ1n) is 6.89. The molecule has 0 aliphatic heterocycles. The van der Waals surface area contributed by atoms with E-state index in [-0.39, 0.29) is 18.8 Å². The van der Waals surface area contributed by atoms with Crippen molar-refractivity contribution < 1.29 is 19.0 Å². The highest BCUT2D eigenvalue weighted by molar-refractivity contribution is 5.80. The van der Waals surface area contributed by atoms with E-state index in [1.807, 2.05) is 0 Å². The maximum Gasteiger partial charge on any atom is 0.166 e. The van der Waals surface area contributed by atoms with Crippen LogP contribution in [-0.2, 0) is 0 Å². The van der Waals surface area contributed by atoms with Crippen LogP contribution in [0.4, 0.5) is 20.2 Å². The zero-order valence-electron chi connectivity index (χ0n) is 12.0. The molecule has 0 heterocycles. The van der Waals surface area contributed by atoms with Gasteiger partial charge in [-0.3, -0.25) is 0 Å². The third-order valence-corrected chi connectivity index (χ3v) is 3.38. The van der Waals surface area contributed by atoms with Crippen LogP contribution < -0.4 is 10.6 Å². The van der Waals surface area contributed by atoms with Gasteiger partial charge in [-0.25, -0.2) is 8.78 Å². The van der Waals surface area contributed by atoms with E-state index in [2.05, 4.69) is 0 Å². The van der Waals surface area contributed by atoms with E-state index in [9.17, 15) is 8.78 Å². The Balaban J connectivity index is 2.48. The fourth-order valence-corrected chi connectivity index (χ4v) is 2.30. The van der Waals surface area contributed by atoms with Crippen LogP contribution in [0.25, 0.3) is 11.1 Å². The number of aliphatic hydroxyl groups is 2. The number of benzene rings is 2. The normalized spacial score (nSPS) is 10.7. The molecule has 0 aliphatic rings. The van der Waals surface area contributed by atoms with E-state index in [1.54, 1.807) is 23.1 Å². The summed E-state index contributed by atoms with van der Waals surface area (Å²) < 4.78 is 27.4. The Morgan fingerprint density at radius 2 is 1.64 bits per heavy atom. The topological polar surface area (TPSA) is 69.7 Å². The average molecular weight is 308 g/mol. The second-order valence-electron chi connectivity index (χ2n) is 4.81. The number of rotatable bonds is 6. The molecular weight excluding hydrogens is 290 g/mol. The summed E-state index contributed by atoms with van der Waals surface area (Å²) in [5, 5.41) is 18.2. The van der Waals surface area contributed by atoms with Crippen molar-refractivity contribution in [2.45, 2.75) is 0 Å². The molecular formula is C16H18F2N2O2. The summed E-state index contributed by atoms with van der Waals surface area (Å²) in [5.74, 6) is -1.90. The third-order valence-electron chi connectivity index (χ3n) is 3.38. The first kappa shape index (κ1) is 16.2. The number of hydrogen-bond acceptors (Lipinski definition) is 4. The van der Waals surface area contributed by atoms with Crippen molar-refractivity contribution in [3.8, 4) is 11.1 Å². The minimum absolute atomic E-state index is 0.0762. The van der Waals surface area contributed by atoms with Crippen molar-refractivity contribution in [2.24, 2.45) is 0 Å². The van der Waals surface area contributed by atoms with Gasteiger partial charge in [0.15, 0.2) is 11.6 Å². The average Bonchev–Trinajstić information content (AvgIpc) is 2.51. The molecule has 2 rings (SSSR count). The van der Waals surface area contributed by atoms with Gasteiger partial charge in [-0.05, 0) is 24.3 Å². The number of anilines is 2. The summed E-state index contributed by atoms with van der Waals surface area (Å²) in [5.41, 5.74) is 7.31. The standard InChI is InChI=1S/C16H18F2N2O2/c17-14-3-1-2-12(16(14)18)13-10-11(4-5-15(13)19)20(6-8-21)7-9-22/h1-5,10,21-22H,6-9,19H2. The van der Waals surface area contributed by atoms with Gasteiger partial charge in [0.1, 0.15) is 0 Å². The Morgan fingerprint density at radius 1 is 0.955 bits per heavy atom. The second-order valence-corrected chi connectivity index (χ2v) is 4.81. The van der Waals surface area contributed by atoms with E-state index in [1.165, 1.54) is 12.1 Å². The van der Waals surface area contributed by atoms with Crippen LogP contribution in [-0.4, -0.2) is 36.5 Å². The molecule has 0 unspecified atom stereocenters. The van der Waals surface area contributed by atoms with Gasteiger partial charge in [0, 0.05) is 35.6 Å². The van der Waals surface area contributed by atoms with Crippen LogP contribution in [0.3, 0.4) is 0 Å². The Kier molecular flexibility index (Phi) is 5.30. The van der Waals surface area contributed by atoms with Crippen LogP contribution in [0.15, 0.2) is 36.4 Å². The van der Waals surface area contributed by atoms with E-state index in [0.29, 0.717) is 30.0 Å². The van der Waals surface area contributed by atoms with Gasteiger partial charge in [-0.15, -0.1) is 0 Å². The molecule has 4 N–H and O–H groups in total. The van der Waals surface area contributed by atoms with E-state index in [0.717, 1.165) is 6.07 Å². The summed E-state index contributed by atoms with van der Waals surface area (Å²) in [6.45, 7) is 0.452. The molecule has 0 spiro atoms. The Hall–Kier alpha value is -2.18. The van der Waals surface area contributed by atoms with Crippen LogP contribution in [0.1, 0.15) is 0 Å². The molecule has 118 valence electrons. The van der Waals surface area contributed by atoms with Gasteiger partial charge in [-0.1, -0.05) is 12.1 Å². The molecule has 2 aromatic rings. The highest BCUT2D eigenvalue weighted by atomic mass is 19.2. The molecule has 0 bridgehead atoms. The first-order valence-corrected chi connectivity index (χ1v) is 6.89. The van der Waals surface area contributed by atoms with Crippen molar-refractivity contribution in [2.75, 3.05) is 36.9 Å². The van der Waals surface area contributed by atoms with Crippen LogP contribution in [0.5, 0.6) is 0 Å². The lowest BCUT2D eigenvalue weighted by Gasteiger charge is -2.24. The van der Waals surface area contributed by atoms with Gasteiger partial charge in [0.25, 0.3) is 0 Å². The zero-order valence-corrected chi connectivity index (χ0v) is 12.0. The summed E-state index contributed by atoms with van der Waals surface area (Å²) >= 11 is 0. The SMILES string of the molecule is Nc1ccc(N(CCO)CCO)cc1-c1cccc(F)c1F. The number of hydrogen-bond donors (Lipinski definition) is 3. The number of nitrogens with two attached hydrogens (primary N) is 1. The predicted molar refractivity (Wildman–Crippen MR) is 82.6 cm³/mol. The van der Waals surface area contributed by atoms with E-state index < -0.39 is 11.6 Å². The number of nitrogen functional groups attached to an aromatic ring is 1. The largest absolute Gasteiger partial charge is 0.398 e. The summed E-state index contributed by atoms with van der Waals surface area (Å²) in [7, 11) is 0. The molecule has 0 saturated heterocycles. The molecule has 0 fully saturated rings. The second kappa shape index (κ2) is 7.20. The fourth-order valence-electron chi connectivity index (χ4n) is 2.30. The van der Waals surface area contributed by atoms with Crippen LogP contribution in [0.2, 0.25) is 0 Å². The molecule has 0 radical (unpaired) electrons. The van der Waals surface area contributed by atoms with Crippen molar-refractivity contribution in [3.63, 3.8) is 0 Å². The predicted octanol–water partition coefficient (Wildman–Crippen LogP) is 2.00. The summed E-state index contributed by atoms with van der Waals surface area (Å²) in [6.07, 6.45) is 0. The number of nitrogens with zero attached hydrogens (tertiary/aromatic N) is 1. The van der Waals surface area contributed by atoms with Gasteiger partial charge in [-0.2, -0.15) is 0 Å². The highest BCUT2D eigenvalue weighted by Gasteiger charge is 2.14. The maximum atomic E-state index is 14.0. The molecule has 2 aromatic carbocycles. The Morgan fingerprint density at radius 3 is 2.27 bits per heavy atom.